The van der Waals surface area contributed by atoms with Crippen LogP contribution in [-0.4, -0.2) is 49.9 Å². The summed E-state index contributed by atoms with van der Waals surface area (Å²) < 4.78 is 16.4. The number of rotatable bonds is 7. The molecule has 0 spiro atoms. The highest BCUT2D eigenvalue weighted by Crippen LogP contribution is 2.45. The van der Waals surface area contributed by atoms with Crippen LogP contribution in [-0.2, 0) is 14.3 Å². The van der Waals surface area contributed by atoms with E-state index in [1.807, 2.05) is 12.1 Å². The molecule has 24 heavy (non-hydrogen) atoms. The van der Waals surface area contributed by atoms with E-state index in [2.05, 4.69) is 15.9 Å². The Kier molecular flexibility index (Phi) is 6.79. The summed E-state index contributed by atoms with van der Waals surface area (Å²) in [5, 5.41) is -0.180. The van der Waals surface area contributed by atoms with Crippen LogP contribution < -0.4 is 9.47 Å². The van der Waals surface area contributed by atoms with E-state index in [0.717, 1.165) is 10.0 Å². The molecule has 8 heteroatoms. The van der Waals surface area contributed by atoms with Gasteiger partial charge in [0.15, 0.2) is 11.5 Å². The monoisotopic (exact) mass is 417 g/mol. The summed E-state index contributed by atoms with van der Waals surface area (Å²) in [7, 11) is 3.14. The SMILES string of the molecule is CCOC(=O)CCN1C(=O)CSC1c1cc(OC)c(OC)cc1Br. The minimum atomic E-state index is -0.299. The van der Waals surface area contributed by atoms with Crippen LogP contribution in [0.15, 0.2) is 16.6 Å². The van der Waals surface area contributed by atoms with E-state index in [0.29, 0.717) is 30.4 Å². The first-order chi connectivity index (χ1) is 11.5. The molecule has 0 saturated carbocycles. The van der Waals surface area contributed by atoms with Crippen LogP contribution in [0, 0.1) is 0 Å². The van der Waals surface area contributed by atoms with E-state index in [9.17, 15) is 9.59 Å². The second-order valence-electron chi connectivity index (χ2n) is 5.03. The molecule has 1 aliphatic heterocycles. The zero-order valence-corrected chi connectivity index (χ0v) is 16.2. The van der Waals surface area contributed by atoms with E-state index in [4.69, 9.17) is 14.2 Å². The zero-order chi connectivity index (χ0) is 17.7. The lowest BCUT2D eigenvalue weighted by Gasteiger charge is -2.25. The van der Waals surface area contributed by atoms with Gasteiger partial charge in [0.25, 0.3) is 0 Å². The van der Waals surface area contributed by atoms with Crippen molar-refractivity contribution in [3.05, 3.63) is 22.2 Å². The first-order valence-corrected chi connectivity index (χ1v) is 9.34. The van der Waals surface area contributed by atoms with Crippen molar-refractivity contribution < 1.29 is 23.8 Å². The van der Waals surface area contributed by atoms with Crippen molar-refractivity contribution in [3.8, 4) is 11.5 Å². The molecule has 1 unspecified atom stereocenters. The molecule has 1 fully saturated rings. The van der Waals surface area contributed by atoms with Crippen molar-refractivity contribution in [2.24, 2.45) is 0 Å². The third kappa shape index (κ3) is 4.16. The van der Waals surface area contributed by atoms with Gasteiger partial charge in [-0.15, -0.1) is 11.8 Å². The fourth-order valence-corrected chi connectivity index (χ4v) is 4.39. The summed E-state index contributed by atoms with van der Waals surface area (Å²) in [6.45, 7) is 2.43. The number of nitrogens with zero attached hydrogens (tertiary/aromatic N) is 1. The Morgan fingerprint density at radius 2 is 2.00 bits per heavy atom. The first-order valence-electron chi connectivity index (χ1n) is 7.49. The number of amides is 1. The van der Waals surface area contributed by atoms with Gasteiger partial charge in [-0.3, -0.25) is 9.59 Å². The third-order valence-electron chi connectivity index (χ3n) is 3.60. The van der Waals surface area contributed by atoms with Crippen molar-refractivity contribution in [2.75, 3.05) is 33.1 Å². The summed E-state index contributed by atoms with van der Waals surface area (Å²) in [5.74, 6) is 1.30. The van der Waals surface area contributed by atoms with Crippen molar-refractivity contribution >= 4 is 39.6 Å². The Hall–Kier alpha value is -1.41. The molecule has 132 valence electrons. The van der Waals surface area contributed by atoms with Crippen LogP contribution in [0.4, 0.5) is 0 Å². The number of benzene rings is 1. The molecule has 1 aromatic rings. The molecule has 1 aliphatic rings. The highest BCUT2D eigenvalue weighted by molar-refractivity contribution is 9.10. The van der Waals surface area contributed by atoms with Crippen LogP contribution in [0.25, 0.3) is 0 Å². The second kappa shape index (κ2) is 8.62. The third-order valence-corrected chi connectivity index (χ3v) is 5.52. The summed E-state index contributed by atoms with van der Waals surface area (Å²) in [5.41, 5.74) is 0.910. The molecule has 0 aromatic heterocycles. The Morgan fingerprint density at radius 3 is 2.62 bits per heavy atom. The van der Waals surface area contributed by atoms with Gasteiger partial charge >= 0.3 is 5.97 Å². The number of thioether (sulfide) groups is 1. The molecule has 0 N–H and O–H groups in total. The fraction of sp³-hybridized carbons (Fsp3) is 0.500. The minimum Gasteiger partial charge on any atom is -0.493 e. The van der Waals surface area contributed by atoms with E-state index in [1.54, 1.807) is 26.0 Å². The Labute approximate surface area is 153 Å². The maximum atomic E-state index is 12.2. The Balaban J connectivity index is 2.22. The van der Waals surface area contributed by atoms with Crippen molar-refractivity contribution in [1.82, 2.24) is 4.90 Å². The van der Waals surface area contributed by atoms with Gasteiger partial charge < -0.3 is 19.1 Å². The molecule has 2 rings (SSSR count). The molecule has 1 aromatic carbocycles. The standard InChI is InChI=1S/C16H20BrNO5S/c1-4-23-15(20)5-6-18-14(19)9-24-16(18)10-7-12(21-2)13(22-3)8-11(10)17/h7-8,16H,4-6,9H2,1-3H3. The lowest BCUT2D eigenvalue weighted by molar-refractivity contribution is -0.143. The molecule has 6 nitrogen and oxygen atoms in total. The number of carbonyl (C=O) groups excluding carboxylic acids is 2. The van der Waals surface area contributed by atoms with Crippen LogP contribution >= 0.6 is 27.7 Å². The Morgan fingerprint density at radius 1 is 1.33 bits per heavy atom. The first kappa shape index (κ1) is 18.9. The zero-order valence-electron chi connectivity index (χ0n) is 13.8. The smallest absolute Gasteiger partial charge is 0.307 e. The normalized spacial score (nSPS) is 17.1. The van der Waals surface area contributed by atoms with Crippen LogP contribution in [0.1, 0.15) is 24.3 Å². The Bertz CT molecular complexity index is 625. The van der Waals surface area contributed by atoms with Crippen LogP contribution in [0.5, 0.6) is 11.5 Å². The number of hydrogen-bond acceptors (Lipinski definition) is 6. The molecule has 1 atom stereocenters. The van der Waals surface area contributed by atoms with Gasteiger partial charge in [0.2, 0.25) is 5.91 Å². The molecule has 0 aliphatic carbocycles. The van der Waals surface area contributed by atoms with E-state index in [1.165, 1.54) is 11.8 Å². The van der Waals surface area contributed by atoms with Gasteiger partial charge in [-0.25, -0.2) is 0 Å². The summed E-state index contributed by atoms with van der Waals surface area (Å²) in [6, 6.07) is 3.68. The number of hydrogen-bond donors (Lipinski definition) is 0. The maximum Gasteiger partial charge on any atom is 0.307 e. The van der Waals surface area contributed by atoms with Gasteiger partial charge in [-0.2, -0.15) is 0 Å². The van der Waals surface area contributed by atoms with Crippen molar-refractivity contribution in [1.29, 1.82) is 0 Å². The molecular formula is C16H20BrNO5S. The van der Waals surface area contributed by atoms with Gasteiger partial charge in [0, 0.05) is 16.6 Å². The van der Waals surface area contributed by atoms with Crippen LogP contribution in [0.3, 0.4) is 0 Å². The quantitative estimate of drug-likeness (QED) is 0.635. The largest absolute Gasteiger partial charge is 0.493 e. The number of methoxy groups -OCH3 is 2. The molecule has 1 amide bonds. The van der Waals surface area contributed by atoms with Gasteiger partial charge in [0.05, 0.1) is 33.0 Å². The summed E-state index contributed by atoms with van der Waals surface area (Å²) in [4.78, 5) is 25.5. The van der Waals surface area contributed by atoms with Crippen LogP contribution in [0.2, 0.25) is 0 Å². The fourth-order valence-electron chi connectivity index (χ4n) is 2.46. The van der Waals surface area contributed by atoms with E-state index < -0.39 is 0 Å². The average molecular weight is 418 g/mol. The minimum absolute atomic E-state index is 0.0102. The highest BCUT2D eigenvalue weighted by Gasteiger charge is 2.34. The van der Waals surface area contributed by atoms with Gasteiger partial charge in [-0.05, 0) is 19.1 Å². The van der Waals surface area contributed by atoms with Crippen molar-refractivity contribution in [3.63, 3.8) is 0 Å². The maximum absolute atomic E-state index is 12.2. The predicted molar refractivity (Wildman–Crippen MR) is 95.4 cm³/mol. The predicted octanol–water partition coefficient (Wildman–Crippen LogP) is 2.99. The van der Waals surface area contributed by atoms with Gasteiger partial charge in [0.1, 0.15) is 5.37 Å². The number of carbonyl (C=O) groups is 2. The highest BCUT2D eigenvalue weighted by atomic mass is 79.9. The lowest BCUT2D eigenvalue weighted by atomic mass is 10.1. The molecule has 0 bridgehead atoms. The van der Waals surface area contributed by atoms with E-state index >= 15 is 0 Å². The van der Waals surface area contributed by atoms with E-state index in [-0.39, 0.29) is 23.7 Å². The number of ether oxygens (including phenoxy) is 3. The van der Waals surface area contributed by atoms with Gasteiger partial charge in [-0.1, -0.05) is 15.9 Å². The number of esters is 1. The van der Waals surface area contributed by atoms with Crippen molar-refractivity contribution in [2.45, 2.75) is 18.7 Å². The lowest BCUT2D eigenvalue weighted by Crippen LogP contribution is -2.31. The molecule has 1 saturated heterocycles. The average Bonchev–Trinajstić information content (AvgIpc) is 2.93. The summed E-state index contributed by atoms with van der Waals surface area (Å²) in [6.07, 6.45) is 0.182. The molecule has 1 heterocycles. The topological polar surface area (TPSA) is 65.1 Å². The second-order valence-corrected chi connectivity index (χ2v) is 6.96. The summed E-state index contributed by atoms with van der Waals surface area (Å²) >= 11 is 5.06. The molecular weight excluding hydrogens is 398 g/mol. The number of halogens is 1. The molecule has 0 radical (unpaired) electrons.